The summed E-state index contributed by atoms with van der Waals surface area (Å²) in [6, 6.07) is 11.4. The van der Waals surface area contributed by atoms with Gasteiger partial charge in [0.25, 0.3) is 0 Å². The minimum absolute atomic E-state index is 0.114. The van der Waals surface area contributed by atoms with E-state index >= 15 is 0 Å². The van der Waals surface area contributed by atoms with Crippen LogP contribution in [0.25, 0.3) is 0 Å². The summed E-state index contributed by atoms with van der Waals surface area (Å²) in [7, 11) is 0. The molecule has 0 fully saturated rings. The Kier molecular flexibility index (Phi) is 5.57. The molecule has 0 amide bonds. The van der Waals surface area contributed by atoms with Crippen LogP contribution in [0.1, 0.15) is 5.56 Å². The predicted molar refractivity (Wildman–Crippen MR) is 82.9 cm³/mol. The summed E-state index contributed by atoms with van der Waals surface area (Å²) in [5.74, 6) is 0.0907. The number of thioether (sulfide) groups is 1. The molecular formula is C15H14BrF2NS. The topological polar surface area (TPSA) is 26.0 Å². The van der Waals surface area contributed by atoms with Gasteiger partial charge in [-0.1, -0.05) is 18.2 Å². The molecule has 1 unspecified atom stereocenters. The first-order chi connectivity index (χ1) is 9.56. The lowest BCUT2D eigenvalue weighted by molar-refractivity contribution is 0.601. The van der Waals surface area contributed by atoms with Crippen molar-refractivity contribution >= 4 is 27.7 Å². The van der Waals surface area contributed by atoms with Crippen LogP contribution in [-0.2, 0) is 6.42 Å². The molecule has 0 aliphatic carbocycles. The molecular weight excluding hydrogens is 344 g/mol. The summed E-state index contributed by atoms with van der Waals surface area (Å²) < 4.78 is 27.0. The van der Waals surface area contributed by atoms with Crippen molar-refractivity contribution in [3.8, 4) is 0 Å². The van der Waals surface area contributed by atoms with Crippen molar-refractivity contribution in [1.82, 2.24) is 0 Å². The third-order valence-corrected chi connectivity index (χ3v) is 4.62. The van der Waals surface area contributed by atoms with Crippen molar-refractivity contribution in [2.24, 2.45) is 5.73 Å². The largest absolute Gasteiger partial charge is 0.327 e. The highest BCUT2D eigenvalue weighted by atomic mass is 79.9. The predicted octanol–water partition coefficient (Wildman–Crippen LogP) is 4.39. The van der Waals surface area contributed by atoms with Crippen LogP contribution >= 0.6 is 27.7 Å². The second kappa shape index (κ2) is 7.20. The molecule has 0 aliphatic rings. The molecule has 1 atom stereocenters. The molecule has 0 aliphatic heterocycles. The van der Waals surface area contributed by atoms with E-state index in [0.717, 1.165) is 5.56 Å². The first-order valence-electron chi connectivity index (χ1n) is 6.13. The first kappa shape index (κ1) is 15.5. The van der Waals surface area contributed by atoms with Gasteiger partial charge in [-0.25, -0.2) is 8.78 Å². The molecule has 0 bridgehead atoms. The Hall–Kier alpha value is -0.910. The van der Waals surface area contributed by atoms with Gasteiger partial charge in [0, 0.05) is 16.7 Å². The Balaban J connectivity index is 1.91. The van der Waals surface area contributed by atoms with Gasteiger partial charge in [0.1, 0.15) is 11.6 Å². The number of halogens is 3. The highest BCUT2D eigenvalue weighted by Crippen LogP contribution is 2.23. The summed E-state index contributed by atoms with van der Waals surface area (Å²) in [4.78, 5) is 0.600. The van der Waals surface area contributed by atoms with Crippen molar-refractivity contribution in [1.29, 1.82) is 0 Å². The fraction of sp³-hybridized carbons (Fsp3) is 0.200. The molecule has 20 heavy (non-hydrogen) atoms. The normalized spacial score (nSPS) is 12.4. The molecule has 106 valence electrons. The Labute approximate surface area is 129 Å². The van der Waals surface area contributed by atoms with Crippen LogP contribution < -0.4 is 5.73 Å². The first-order valence-corrected chi connectivity index (χ1v) is 7.91. The third kappa shape index (κ3) is 4.30. The van der Waals surface area contributed by atoms with Crippen LogP contribution in [0.2, 0.25) is 0 Å². The lowest BCUT2D eigenvalue weighted by atomic mass is 10.1. The van der Waals surface area contributed by atoms with Crippen LogP contribution in [0.3, 0.4) is 0 Å². The van der Waals surface area contributed by atoms with Crippen molar-refractivity contribution in [3.63, 3.8) is 0 Å². The Morgan fingerprint density at radius 2 is 1.85 bits per heavy atom. The van der Waals surface area contributed by atoms with Crippen LogP contribution in [0, 0.1) is 11.6 Å². The fourth-order valence-corrected chi connectivity index (χ4v) is 3.11. The van der Waals surface area contributed by atoms with Crippen LogP contribution in [-0.4, -0.2) is 11.8 Å². The van der Waals surface area contributed by atoms with Gasteiger partial charge in [0.2, 0.25) is 0 Å². The lowest BCUT2D eigenvalue weighted by Crippen LogP contribution is -2.25. The van der Waals surface area contributed by atoms with E-state index < -0.39 is 0 Å². The van der Waals surface area contributed by atoms with E-state index in [2.05, 4.69) is 15.9 Å². The summed E-state index contributed by atoms with van der Waals surface area (Å²) in [5, 5.41) is 0. The molecule has 2 rings (SSSR count). The van der Waals surface area contributed by atoms with Gasteiger partial charge >= 0.3 is 0 Å². The zero-order valence-electron chi connectivity index (χ0n) is 10.7. The zero-order valence-corrected chi connectivity index (χ0v) is 13.1. The molecule has 0 saturated carbocycles. The summed E-state index contributed by atoms with van der Waals surface area (Å²) >= 11 is 4.55. The number of hydrogen-bond acceptors (Lipinski definition) is 2. The van der Waals surface area contributed by atoms with Crippen LogP contribution in [0.4, 0.5) is 8.78 Å². The standard InChI is InChI=1S/C15H14BrF2NS/c16-12-8-10(5-6-13(12)17)7-11(19)9-20-15-4-2-1-3-14(15)18/h1-6,8,11H,7,9,19H2. The molecule has 0 spiro atoms. The highest BCUT2D eigenvalue weighted by molar-refractivity contribution is 9.10. The van der Waals surface area contributed by atoms with E-state index in [4.69, 9.17) is 5.73 Å². The second-order valence-electron chi connectivity index (χ2n) is 4.45. The fourth-order valence-electron chi connectivity index (χ4n) is 1.79. The number of nitrogens with two attached hydrogens (primary N) is 1. The minimum Gasteiger partial charge on any atom is -0.327 e. The van der Waals surface area contributed by atoms with E-state index in [1.807, 2.05) is 0 Å². The van der Waals surface area contributed by atoms with E-state index in [-0.39, 0.29) is 17.7 Å². The molecule has 0 saturated heterocycles. The molecule has 0 aromatic heterocycles. The monoisotopic (exact) mass is 357 g/mol. The smallest absolute Gasteiger partial charge is 0.137 e. The molecule has 0 heterocycles. The number of hydrogen-bond donors (Lipinski definition) is 1. The van der Waals surface area contributed by atoms with Crippen LogP contribution in [0.5, 0.6) is 0 Å². The maximum atomic E-state index is 13.5. The van der Waals surface area contributed by atoms with Gasteiger partial charge in [-0.15, -0.1) is 11.8 Å². The van der Waals surface area contributed by atoms with Crippen LogP contribution in [0.15, 0.2) is 51.8 Å². The van der Waals surface area contributed by atoms with E-state index in [1.165, 1.54) is 23.9 Å². The summed E-state index contributed by atoms with van der Waals surface area (Å²) in [5.41, 5.74) is 7.00. The summed E-state index contributed by atoms with van der Waals surface area (Å²) in [6.45, 7) is 0. The Morgan fingerprint density at radius 1 is 1.10 bits per heavy atom. The number of rotatable bonds is 5. The molecule has 1 nitrogen and oxygen atoms in total. The van der Waals surface area contributed by atoms with Gasteiger partial charge in [-0.3, -0.25) is 0 Å². The van der Waals surface area contributed by atoms with E-state index in [1.54, 1.807) is 30.3 Å². The highest BCUT2D eigenvalue weighted by Gasteiger charge is 2.09. The SMILES string of the molecule is NC(CSc1ccccc1F)Cc1ccc(F)c(Br)c1. The van der Waals surface area contributed by atoms with Crippen molar-refractivity contribution in [3.05, 3.63) is 64.1 Å². The van der Waals surface area contributed by atoms with Crippen molar-refractivity contribution in [2.75, 3.05) is 5.75 Å². The van der Waals surface area contributed by atoms with E-state index in [9.17, 15) is 8.78 Å². The van der Waals surface area contributed by atoms with Gasteiger partial charge in [-0.2, -0.15) is 0 Å². The molecule has 0 radical (unpaired) electrons. The maximum Gasteiger partial charge on any atom is 0.137 e. The van der Waals surface area contributed by atoms with E-state index in [0.29, 0.717) is 21.5 Å². The molecule has 2 aromatic rings. The van der Waals surface area contributed by atoms with Crippen molar-refractivity contribution in [2.45, 2.75) is 17.4 Å². The average molecular weight is 358 g/mol. The molecule has 5 heteroatoms. The van der Waals surface area contributed by atoms with Gasteiger partial charge in [-0.05, 0) is 52.2 Å². The molecule has 2 aromatic carbocycles. The zero-order chi connectivity index (χ0) is 14.5. The lowest BCUT2D eigenvalue weighted by Gasteiger charge is -2.12. The van der Waals surface area contributed by atoms with Gasteiger partial charge in [0.15, 0.2) is 0 Å². The second-order valence-corrected chi connectivity index (χ2v) is 6.37. The van der Waals surface area contributed by atoms with Gasteiger partial charge in [0.05, 0.1) is 4.47 Å². The third-order valence-electron chi connectivity index (χ3n) is 2.77. The minimum atomic E-state index is -0.289. The van der Waals surface area contributed by atoms with Gasteiger partial charge < -0.3 is 5.73 Å². The quantitative estimate of drug-likeness (QED) is 0.803. The molecule has 2 N–H and O–H groups in total. The number of benzene rings is 2. The maximum absolute atomic E-state index is 13.5. The Morgan fingerprint density at radius 3 is 2.55 bits per heavy atom. The Bertz CT molecular complexity index is 592. The summed E-state index contributed by atoms with van der Waals surface area (Å²) in [6.07, 6.45) is 0.625. The van der Waals surface area contributed by atoms with Crippen molar-refractivity contribution < 1.29 is 8.78 Å². The average Bonchev–Trinajstić information content (AvgIpc) is 2.42.